The molecule has 1 N–H and O–H groups in total. The number of imide groups is 1. The summed E-state index contributed by atoms with van der Waals surface area (Å²) in [4.78, 5) is 53.4. The first kappa shape index (κ1) is 20.5. The molecule has 8 heteroatoms. The van der Waals surface area contributed by atoms with Gasteiger partial charge in [0.1, 0.15) is 6.04 Å². The number of carbonyl (C=O) groups excluding carboxylic acids is 4. The number of hydrogen-bond donors (Lipinski definition) is 1. The minimum atomic E-state index is -0.704. The lowest BCUT2D eigenvalue weighted by Crippen LogP contribution is -2.53. The highest BCUT2D eigenvalue weighted by Crippen LogP contribution is 2.43. The summed E-state index contributed by atoms with van der Waals surface area (Å²) in [5.41, 5.74) is 2.22. The zero-order valence-electron chi connectivity index (χ0n) is 17.9. The average Bonchev–Trinajstić information content (AvgIpc) is 3.08. The Kier molecular flexibility index (Phi) is 5.07. The van der Waals surface area contributed by atoms with E-state index in [0.29, 0.717) is 30.8 Å². The van der Waals surface area contributed by atoms with Crippen molar-refractivity contribution in [1.29, 1.82) is 0 Å². The van der Waals surface area contributed by atoms with Crippen molar-refractivity contribution in [2.45, 2.75) is 38.6 Å². The fraction of sp³-hybridized carbons (Fsp3) is 0.417. The summed E-state index contributed by atoms with van der Waals surface area (Å²) in [6, 6.07) is 8.75. The molecule has 8 nitrogen and oxygen atoms in total. The molecule has 0 aromatic heterocycles. The number of piperidine rings is 2. The van der Waals surface area contributed by atoms with E-state index in [2.05, 4.69) is 10.2 Å². The SMILES string of the molecule is CCOC(=O)C1CCCN(c2ccc3c4c(cccc24)N(C2CCC(=O)NC2=O)C3=O)C1. The van der Waals surface area contributed by atoms with E-state index in [9.17, 15) is 19.2 Å². The van der Waals surface area contributed by atoms with E-state index >= 15 is 0 Å². The molecule has 2 fully saturated rings. The third-order valence-electron chi connectivity index (χ3n) is 6.61. The quantitative estimate of drug-likeness (QED) is 0.585. The second kappa shape index (κ2) is 7.93. The third-order valence-corrected chi connectivity index (χ3v) is 6.61. The van der Waals surface area contributed by atoms with Crippen LogP contribution in [0.1, 0.15) is 43.0 Å². The van der Waals surface area contributed by atoms with Gasteiger partial charge in [0.15, 0.2) is 0 Å². The normalized spacial score (nSPS) is 23.0. The van der Waals surface area contributed by atoms with Crippen LogP contribution >= 0.6 is 0 Å². The van der Waals surface area contributed by atoms with Gasteiger partial charge in [-0.2, -0.15) is 0 Å². The minimum Gasteiger partial charge on any atom is -0.466 e. The number of rotatable bonds is 4. The molecule has 2 atom stereocenters. The molecule has 0 radical (unpaired) electrons. The molecule has 3 heterocycles. The average molecular weight is 435 g/mol. The van der Waals surface area contributed by atoms with Crippen molar-refractivity contribution in [3.63, 3.8) is 0 Å². The van der Waals surface area contributed by atoms with Gasteiger partial charge in [0, 0.05) is 36.0 Å². The molecule has 3 aliphatic rings. The summed E-state index contributed by atoms with van der Waals surface area (Å²) >= 11 is 0. The summed E-state index contributed by atoms with van der Waals surface area (Å²) < 4.78 is 5.24. The Morgan fingerprint density at radius 3 is 2.75 bits per heavy atom. The van der Waals surface area contributed by atoms with Gasteiger partial charge in [-0.25, -0.2) is 0 Å². The summed E-state index contributed by atoms with van der Waals surface area (Å²) in [6.07, 6.45) is 2.20. The monoisotopic (exact) mass is 435 g/mol. The van der Waals surface area contributed by atoms with Crippen molar-refractivity contribution in [2.24, 2.45) is 5.92 Å². The molecule has 0 spiro atoms. The Morgan fingerprint density at radius 1 is 1.12 bits per heavy atom. The van der Waals surface area contributed by atoms with Crippen molar-refractivity contribution in [3.05, 3.63) is 35.9 Å². The number of carbonyl (C=O) groups is 4. The van der Waals surface area contributed by atoms with Crippen LogP contribution in [0.3, 0.4) is 0 Å². The van der Waals surface area contributed by atoms with E-state index in [1.165, 1.54) is 4.90 Å². The largest absolute Gasteiger partial charge is 0.466 e. The highest BCUT2D eigenvalue weighted by Gasteiger charge is 2.41. The van der Waals surface area contributed by atoms with Gasteiger partial charge in [0.25, 0.3) is 5.91 Å². The standard InChI is InChI=1S/C24H25N3O5/c1-2-32-24(31)14-5-4-12-26(13-14)17-9-8-16-21-15(17)6-3-7-18(21)27(23(16)30)19-10-11-20(28)25-22(19)29/h3,6-9,14,19H,2,4-5,10-13H2,1H3,(H,25,28,29). The molecule has 166 valence electrons. The van der Waals surface area contributed by atoms with Gasteiger partial charge in [-0.15, -0.1) is 0 Å². The van der Waals surface area contributed by atoms with Crippen LogP contribution in [0, 0.1) is 5.92 Å². The number of nitrogens with zero attached hydrogens (tertiary/aromatic N) is 2. The lowest BCUT2D eigenvalue weighted by atomic mass is 9.96. The van der Waals surface area contributed by atoms with Gasteiger partial charge in [0.05, 0.1) is 23.8 Å². The summed E-state index contributed by atoms with van der Waals surface area (Å²) in [6.45, 7) is 3.57. The topological polar surface area (TPSA) is 96.0 Å². The van der Waals surface area contributed by atoms with E-state index in [-0.39, 0.29) is 30.1 Å². The van der Waals surface area contributed by atoms with E-state index in [0.717, 1.165) is 35.8 Å². The van der Waals surface area contributed by atoms with Crippen molar-refractivity contribution in [1.82, 2.24) is 5.32 Å². The third kappa shape index (κ3) is 3.21. The zero-order chi connectivity index (χ0) is 22.4. The van der Waals surface area contributed by atoms with E-state index in [1.54, 1.807) is 0 Å². The predicted molar refractivity (Wildman–Crippen MR) is 118 cm³/mol. The number of hydrogen-bond acceptors (Lipinski definition) is 6. The highest BCUT2D eigenvalue weighted by atomic mass is 16.5. The Labute approximate surface area is 185 Å². The highest BCUT2D eigenvalue weighted by molar-refractivity contribution is 6.28. The Hall–Kier alpha value is -3.42. The fourth-order valence-electron chi connectivity index (χ4n) is 5.15. The van der Waals surface area contributed by atoms with Crippen LogP contribution in [-0.2, 0) is 19.1 Å². The van der Waals surface area contributed by atoms with Crippen LogP contribution < -0.4 is 15.1 Å². The summed E-state index contributed by atoms with van der Waals surface area (Å²) in [5, 5.41) is 4.09. The van der Waals surface area contributed by atoms with Gasteiger partial charge >= 0.3 is 5.97 Å². The van der Waals surface area contributed by atoms with Crippen molar-refractivity contribution in [3.8, 4) is 0 Å². The fourth-order valence-corrected chi connectivity index (χ4v) is 5.15. The molecular formula is C24H25N3O5. The lowest BCUT2D eigenvalue weighted by molar-refractivity contribution is -0.148. The first-order chi connectivity index (χ1) is 15.5. The molecule has 2 unspecified atom stereocenters. The molecular weight excluding hydrogens is 410 g/mol. The number of ether oxygens (including phenoxy) is 1. The maximum Gasteiger partial charge on any atom is 0.310 e. The first-order valence-electron chi connectivity index (χ1n) is 11.1. The molecule has 3 amide bonds. The molecule has 5 rings (SSSR count). The van der Waals surface area contributed by atoms with Crippen LogP contribution in [0.15, 0.2) is 30.3 Å². The Balaban J connectivity index is 1.52. The lowest BCUT2D eigenvalue weighted by Gasteiger charge is -2.34. The van der Waals surface area contributed by atoms with Gasteiger partial charge in [0.2, 0.25) is 11.8 Å². The van der Waals surface area contributed by atoms with E-state index < -0.39 is 11.9 Å². The number of esters is 1. The van der Waals surface area contributed by atoms with Crippen molar-refractivity contribution < 1.29 is 23.9 Å². The van der Waals surface area contributed by atoms with Crippen molar-refractivity contribution in [2.75, 3.05) is 29.5 Å². The molecule has 2 saturated heterocycles. The maximum absolute atomic E-state index is 13.3. The molecule has 3 aliphatic heterocycles. The Morgan fingerprint density at radius 2 is 1.97 bits per heavy atom. The molecule has 0 bridgehead atoms. The zero-order valence-corrected chi connectivity index (χ0v) is 17.9. The minimum absolute atomic E-state index is 0.164. The molecule has 2 aromatic rings. The van der Waals surface area contributed by atoms with Gasteiger partial charge in [-0.05, 0) is 44.4 Å². The smallest absolute Gasteiger partial charge is 0.310 e. The van der Waals surface area contributed by atoms with Crippen LogP contribution in [0.5, 0.6) is 0 Å². The van der Waals surface area contributed by atoms with Crippen LogP contribution in [0.25, 0.3) is 10.8 Å². The van der Waals surface area contributed by atoms with E-state index in [4.69, 9.17) is 4.74 Å². The number of nitrogens with one attached hydrogen (secondary N) is 1. The van der Waals surface area contributed by atoms with Gasteiger partial charge in [-0.1, -0.05) is 12.1 Å². The van der Waals surface area contributed by atoms with Crippen LogP contribution in [0.2, 0.25) is 0 Å². The second-order valence-electron chi connectivity index (χ2n) is 8.51. The van der Waals surface area contributed by atoms with Crippen molar-refractivity contribution >= 4 is 45.8 Å². The summed E-state index contributed by atoms with van der Waals surface area (Å²) in [7, 11) is 0. The molecule has 0 aliphatic carbocycles. The molecule has 2 aromatic carbocycles. The van der Waals surface area contributed by atoms with Crippen LogP contribution in [-0.4, -0.2) is 49.4 Å². The maximum atomic E-state index is 13.3. The Bertz CT molecular complexity index is 1140. The number of anilines is 2. The van der Waals surface area contributed by atoms with Gasteiger partial charge in [-0.3, -0.25) is 29.4 Å². The van der Waals surface area contributed by atoms with Gasteiger partial charge < -0.3 is 9.64 Å². The number of benzene rings is 2. The molecule has 0 saturated carbocycles. The predicted octanol–water partition coefficient (Wildman–Crippen LogP) is 2.38. The first-order valence-corrected chi connectivity index (χ1v) is 11.1. The van der Waals surface area contributed by atoms with E-state index in [1.807, 2.05) is 37.3 Å². The molecule has 32 heavy (non-hydrogen) atoms. The second-order valence-corrected chi connectivity index (χ2v) is 8.51. The summed E-state index contributed by atoms with van der Waals surface area (Å²) in [5.74, 6) is -1.30. The van der Waals surface area contributed by atoms with Crippen LogP contribution in [0.4, 0.5) is 11.4 Å². The number of amides is 3.